The quantitative estimate of drug-likeness (QED) is 0.449. The molecule has 3 rings (SSSR count). The van der Waals surface area contributed by atoms with E-state index in [2.05, 4.69) is 5.32 Å². The van der Waals surface area contributed by atoms with Crippen LogP contribution in [-0.4, -0.2) is 31.4 Å². The van der Waals surface area contributed by atoms with Gasteiger partial charge in [0, 0.05) is 16.8 Å². The van der Waals surface area contributed by atoms with Gasteiger partial charge in [-0.25, -0.2) is 4.79 Å². The molecule has 31 heavy (non-hydrogen) atoms. The Hall–Kier alpha value is -3.93. The van der Waals surface area contributed by atoms with Crippen LogP contribution in [-0.2, 0) is 4.74 Å². The number of Topliss-reactive ketones (excluding diaryl/α,β-unsaturated/α-hetero) is 1. The Bertz CT molecular complexity index is 1140. The van der Waals surface area contributed by atoms with E-state index >= 15 is 0 Å². The van der Waals surface area contributed by atoms with E-state index in [0.29, 0.717) is 22.6 Å². The smallest absolute Gasteiger partial charge is 0.338 e. The third-order valence-electron chi connectivity index (χ3n) is 4.72. The van der Waals surface area contributed by atoms with Gasteiger partial charge in [0.25, 0.3) is 5.91 Å². The fraction of sp³-hybridized carbons (Fsp3) is 0.160. The highest BCUT2D eigenvalue weighted by Gasteiger charge is 2.15. The summed E-state index contributed by atoms with van der Waals surface area (Å²) >= 11 is 0. The van der Waals surface area contributed by atoms with Gasteiger partial charge < -0.3 is 14.8 Å². The van der Waals surface area contributed by atoms with Gasteiger partial charge in [0.15, 0.2) is 6.61 Å². The fourth-order valence-corrected chi connectivity index (χ4v) is 3.02. The number of esters is 1. The van der Waals surface area contributed by atoms with Crippen molar-refractivity contribution in [1.82, 2.24) is 0 Å². The maximum absolute atomic E-state index is 12.5. The van der Waals surface area contributed by atoms with Gasteiger partial charge in [-0.3, -0.25) is 9.59 Å². The number of hydrogen-bond acceptors (Lipinski definition) is 5. The molecular formula is C25H23NO5. The number of carbonyl (C=O) groups is 3. The molecule has 0 aliphatic carbocycles. The zero-order chi connectivity index (χ0) is 22.4. The summed E-state index contributed by atoms with van der Waals surface area (Å²) in [6, 6.07) is 18.7. The molecule has 0 aliphatic heterocycles. The monoisotopic (exact) mass is 417 g/mol. The van der Waals surface area contributed by atoms with Crippen LogP contribution in [0.5, 0.6) is 5.75 Å². The second-order valence-electron chi connectivity index (χ2n) is 7.08. The average molecular weight is 417 g/mol. The minimum atomic E-state index is -0.642. The zero-order valence-corrected chi connectivity index (χ0v) is 17.6. The van der Waals surface area contributed by atoms with E-state index < -0.39 is 5.97 Å². The number of aryl methyl sites for hydroxylation is 2. The van der Waals surface area contributed by atoms with Crippen LogP contribution in [0.25, 0.3) is 0 Å². The van der Waals surface area contributed by atoms with Crippen LogP contribution in [0.3, 0.4) is 0 Å². The summed E-state index contributed by atoms with van der Waals surface area (Å²) in [5.41, 5.74) is 3.41. The Morgan fingerprint density at radius 3 is 2.39 bits per heavy atom. The van der Waals surface area contributed by atoms with Gasteiger partial charge in [0.05, 0.1) is 12.7 Å². The lowest BCUT2D eigenvalue weighted by Gasteiger charge is -2.09. The number of benzene rings is 3. The molecule has 0 radical (unpaired) electrons. The first-order valence-corrected chi connectivity index (χ1v) is 9.70. The standard InChI is InChI=1S/C25H23NO5/c1-16-10-11-17(2)22(12-16)23(27)15-31-25(29)19-7-4-8-20(13-19)26-24(28)18-6-5-9-21(14-18)30-3/h4-14H,15H2,1-3H3,(H,26,28). The topological polar surface area (TPSA) is 81.7 Å². The zero-order valence-electron chi connectivity index (χ0n) is 17.6. The van der Waals surface area contributed by atoms with Crippen LogP contribution in [0.4, 0.5) is 5.69 Å². The van der Waals surface area contributed by atoms with Crippen LogP contribution in [0.15, 0.2) is 66.7 Å². The first-order chi connectivity index (χ1) is 14.9. The number of carbonyl (C=O) groups excluding carboxylic acids is 3. The number of hydrogen-bond donors (Lipinski definition) is 1. The number of anilines is 1. The SMILES string of the molecule is COc1cccc(C(=O)Nc2cccc(C(=O)OCC(=O)c3cc(C)ccc3C)c2)c1. The third-order valence-corrected chi connectivity index (χ3v) is 4.72. The maximum Gasteiger partial charge on any atom is 0.338 e. The molecule has 158 valence electrons. The number of nitrogens with one attached hydrogen (secondary N) is 1. The fourth-order valence-electron chi connectivity index (χ4n) is 3.02. The minimum absolute atomic E-state index is 0.234. The number of ketones is 1. The van der Waals surface area contributed by atoms with E-state index in [-0.39, 0.29) is 23.9 Å². The number of rotatable bonds is 7. The molecular weight excluding hydrogens is 394 g/mol. The number of amides is 1. The molecule has 1 amide bonds. The average Bonchev–Trinajstić information content (AvgIpc) is 2.79. The number of methoxy groups -OCH3 is 1. The van der Waals surface area contributed by atoms with Gasteiger partial charge in [-0.2, -0.15) is 0 Å². The van der Waals surface area contributed by atoms with Gasteiger partial charge in [0.2, 0.25) is 5.78 Å². The Balaban J connectivity index is 1.65. The third kappa shape index (κ3) is 5.57. The minimum Gasteiger partial charge on any atom is -0.497 e. The van der Waals surface area contributed by atoms with Gasteiger partial charge in [0.1, 0.15) is 5.75 Å². The molecule has 0 saturated heterocycles. The predicted octanol–water partition coefficient (Wildman–Crippen LogP) is 4.60. The maximum atomic E-state index is 12.5. The molecule has 1 N–H and O–H groups in total. The summed E-state index contributed by atoms with van der Waals surface area (Å²) < 4.78 is 10.3. The highest BCUT2D eigenvalue weighted by atomic mass is 16.5. The van der Waals surface area contributed by atoms with Crippen molar-refractivity contribution < 1.29 is 23.9 Å². The van der Waals surface area contributed by atoms with Gasteiger partial charge in [-0.15, -0.1) is 0 Å². The highest BCUT2D eigenvalue weighted by molar-refractivity contribution is 6.05. The Morgan fingerprint density at radius 2 is 1.61 bits per heavy atom. The van der Waals surface area contributed by atoms with E-state index in [1.165, 1.54) is 13.2 Å². The van der Waals surface area contributed by atoms with Crippen LogP contribution >= 0.6 is 0 Å². The molecule has 6 nitrogen and oxygen atoms in total. The van der Waals surface area contributed by atoms with Gasteiger partial charge >= 0.3 is 5.97 Å². The first-order valence-electron chi connectivity index (χ1n) is 9.70. The van der Waals surface area contributed by atoms with E-state index in [9.17, 15) is 14.4 Å². The molecule has 0 aromatic heterocycles. The van der Waals surface area contributed by atoms with Crippen molar-refractivity contribution in [2.45, 2.75) is 13.8 Å². The lowest BCUT2D eigenvalue weighted by molar-refractivity contribution is 0.0474. The summed E-state index contributed by atoms with van der Waals surface area (Å²) in [4.78, 5) is 37.3. The van der Waals surface area contributed by atoms with Crippen molar-refractivity contribution in [2.24, 2.45) is 0 Å². The molecule has 0 atom stereocenters. The second-order valence-corrected chi connectivity index (χ2v) is 7.08. The van der Waals surface area contributed by atoms with E-state index in [0.717, 1.165) is 11.1 Å². The summed E-state index contributed by atoms with van der Waals surface area (Å²) in [7, 11) is 1.52. The van der Waals surface area contributed by atoms with Gasteiger partial charge in [-0.1, -0.05) is 29.8 Å². The Morgan fingerprint density at radius 1 is 0.871 bits per heavy atom. The van der Waals surface area contributed by atoms with Crippen LogP contribution < -0.4 is 10.1 Å². The van der Waals surface area contributed by atoms with Crippen LogP contribution in [0.1, 0.15) is 42.2 Å². The molecule has 0 unspecified atom stereocenters. The molecule has 3 aromatic rings. The largest absolute Gasteiger partial charge is 0.497 e. The highest BCUT2D eigenvalue weighted by Crippen LogP contribution is 2.17. The van der Waals surface area contributed by atoms with Crippen molar-refractivity contribution in [1.29, 1.82) is 0 Å². The lowest BCUT2D eigenvalue weighted by atomic mass is 10.0. The summed E-state index contributed by atoms with van der Waals surface area (Å²) in [6.07, 6.45) is 0. The van der Waals surface area contributed by atoms with Crippen LogP contribution in [0, 0.1) is 13.8 Å². The summed E-state index contributed by atoms with van der Waals surface area (Å²) in [5.74, 6) is -0.679. The van der Waals surface area contributed by atoms with Crippen molar-refractivity contribution >= 4 is 23.3 Å². The molecule has 0 aliphatic rings. The van der Waals surface area contributed by atoms with Crippen molar-refractivity contribution in [3.05, 3.63) is 94.5 Å². The van der Waals surface area contributed by atoms with Crippen molar-refractivity contribution in [3.8, 4) is 5.75 Å². The molecule has 0 fully saturated rings. The number of ether oxygens (including phenoxy) is 2. The molecule has 0 saturated carbocycles. The van der Waals surface area contributed by atoms with Crippen LogP contribution in [0.2, 0.25) is 0 Å². The lowest BCUT2D eigenvalue weighted by Crippen LogP contribution is -2.16. The normalized spacial score (nSPS) is 10.3. The Labute approximate surface area is 180 Å². The summed E-state index contributed by atoms with van der Waals surface area (Å²) in [5, 5.41) is 2.74. The predicted molar refractivity (Wildman–Crippen MR) is 118 cm³/mol. The first kappa shape index (κ1) is 21.8. The van der Waals surface area contributed by atoms with E-state index in [1.807, 2.05) is 26.0 Å². The Kier molecular flexibility index (Phi) is 6.82. The molecule has 0 bridgehead atoms. The molecule has 0 heterocycles. The van der Waals surface area contributed by atoms with Crippen molar-refractivity contribution in [2.75, 3.05) is 19.0 Å². The second kappa shape index (κ2) is 9.71. The summed E-state index contributed by atoms with van der Waals surface area (Å²) in [6.45, 7) is 3.38. The molecule has 0 spiro atoms. The van der Waals surface area contributed by atoms with Gasteiger partial charge in [-0.05, 0) is 61.9 Å². The molecule has 6 heteroatoms. The molecule has 3 aromatic carbocycles. The van der Waals surface area contributed by atoms with E-state index in [4.69, 9.17) is 9.47 Å². The van der Waals surface area contributed by atoms with E-state index in [1.54, 1.807) is 48.5 Å². The van der Waals surface area contributed by atoms with Crippen molar-refractivity contribution in [3.63, 3.8) is 0 Å².